The molecule has 0 bridgehead atoms. The Bertz CT molecular complexity index is 911. The molecule has 3 rings (SSSR count). The van der Waals surface area contributed by atoms with E-state index in [1.165, 1.54) is 0 Å². The van der Waals surface area contributed by atoms with Gasteiger partial charge in [-0.1, -0.05) is 17.7 Å². The minimum atomic E-state index is -0.413. The summed E-state index contributed by atoms with van der Waals surface area (Å²) in [5.74, 6) is 0.816. The molecule has 2 aromatic rings. The highest BCUT2D eigenvalue weighted by atomic mass is 35.5. The topological polar surface area (TPSA) is 98.4 Å². The standard InChI is InChI=1S/C21H25ClN4O3/c1-14-18(12-24-15(2)25-14)20(28)26-8-6-21(7-9-26,11-19(23)27)13-29-17-5-3-4-16(22)10-17/h3-5,10,12H,6-9,11,13H2,1-2H3,(H2,23,27). The van der Waals surface area contributed by atoms with Crippen molar-refractivity contribution in [1.82, 2.24) is 14.9 Å². The number of likely N-dealkylation sites (tertiary alicyclic amines) is 1. The van der Waals surface area contributed by atoms with Crippen LogP contribution in [0.5, 0.6) is 5.75 Å². The van der Waals surface area contributed by atoms with Gasteiger partial charge in [-0.25, -0.2) is 9.97 Å². The number of hydrogen-bond donors (Lipinski definition) is 1. The maximum absolute atomic E-state index is 12.9. The first-order valence-electron chi connectivity index (χ1n) is 9.54. The van der Waals surface area contributed by atoms with Crippen LogP contribution in [-0.2, 0) is 4.79 Å². The molecule has 154 valence electrons. The van der Waals surface area contributed by atoms with E-state index in [4.69, 9.17) is 22.1 Å². The number of aromatic nitrogens is 2. The van der Waals surface area contributed by atoms with Gasteiger partial charge in [-0.2, -0.15) is 0 Å². The van der Waals surface area contributed by atoms with Gasteiger partial charge in [0.2, 0.25) is 5.91 Å². The van der Waals surface area contributed by atoms with Crippen LogP contribution in [0.25, 0.3) is 0 Å². The monoisotopic (exact) mass is 416 g/mol. The maximum atomic E-state index is 12.9. The van der Waals surface area contributed by atoms with Gasteiger partial charge < -0.3 is 15.4 Å². The van der Waals surface area contributed by atoms with Crippen molar-refractivity contribution in [1.29, 1.82) is 0 Å². The van der Waals surface area contributed by atoms with Crippen molar-refractivity contribution in [2.45, 2.75) is 33.1 Å². The third-order valence-corrected chi connectivity index (χ3v) is 5.57. The summed E-state index contributed by atoms with van der Waals surface area (Å²) in [7, 11) is 0. The number of primary amides is 1. The minimum absolute atomic E-state index is 0.0917. The first-order valence-corrected chi connectivity index (χ1v) is 9.92. The van der Waals surface area contributed by atoms with E-state index in [9.17, 15) is 9.59 Å². The normalized spacial score (nSPS) is 15.8. The molecule has 1 aliphatic heterocycles. The van der Waals surface area contributed by atoms with Crippen molar-refractivity contribution in [2.24, 2.45) is 11.1 Å². The van der Waals surface area contributed by atoms with Crippen LogP contribution in [0.3, 0.4) is 0 Å². The number of carbonyl (C=O) groups excluding carboxylic acids is 2. The van der Waals surface area contributed by atoms with Crippen LogP contribution in [-0.4, -0.2) is 46.4 Å². The lowest BCUT2D eigenvalue weighted by molar-refractivity contribution is -0.121. The van der Waals surface area contributed by atoms with Crippen molar-refractivity contribution in [2.75, 3.05) is 19.7 Å². The molecule has 2 N–H and O–H groups in total. The molecule has 1 fully saturated rings. The number of nitrogens with two attached hydrogens (primary N) is 1. The second kappa shape index (κ2) is 8.78. The van der Waals surface area contributed by atoms with Crippen molar-refractivity contribution in [3.05, 3.63) is 52.6 Å². The first-order chi connectivity index (χ1) is 13.8. The molecule has 29 heavy (non-hydrogen) atoms. The number of amides is 2. The third-order valence-electron chi connectivity index (χ3n) is 5.33. The number of rotatable bonds is 6. The maximum Gasteiger partial charge on any atom is 0.257 e. The Balaban J connectivity index is 1.68. The van der Waals surface area contributed by atoms with Crippen LogP contribution in [0.1, 0.15) is 41.1 Å². The van der Waals surface area contributed by atoms with Gasteiger partial charge in [0.05, 0.1) is 17.9 Å². The fourth-order valence-corrected chi connectivity index (χ4v) is 3.86. The summed E-state index contributed by atoms with van der Waals surface area (Å²) < 4.78 is 5.93. The summed E-state index contributed by atoms with van der Waals surface area (Å²) >= 11 is 6.01. The molecule has 1 aliphatic rings. The van der Waals surface area contributed by atoms with Crippen LogP contribution >= 0.6 is 11.6 Å². The zero-order valence-corrected chi connectivity index (χ0v) is 17.4. The molecule has 1 aromatic carbocycles. The number of ether oxygens (including phenoxy) is 1. The summed E-state index contributed by atoms with van der Waals surface area (Å²) in [5.41, 5.74) is 6.27. The molecule has 0 radical (unpaired) electrons. The van der Waals surface area contributed by atoms with Gasteiger partial charge >= 0.3 is 0 Å². The van der Waals surface area contributed by atoms with Gasteiger partial charge in [0.1, 0.15) is 11.6 Å². The lowest BCUT2D eigenvalue weighted by atomic mass is 9.76. The summed E-state index contributed by atoms with van der Waals surface area (Å²) in [6.45, 7) is 4.96. The number of aryl methyl sites for hydroxylation is 2. The summed E-state index contributed by atoms with van der Waals surface area (Å²) in [4.78, 5) is 34.8. The van der Waals surface area contributed by atoms with Crippen LogP contribution < -0.4 is 10.5 Å². The van der Waals surface area contributed by atoms with E-state index in [1.54, 1.807) is 30.2 Å². The van der Waals surface area contributed by atoms with Gasteiger partial charge in [0.25, 0.3) is 5.91 Å². The van der Waals surface area contributed by atoms with Gasteiger partial charge in [0, 0.05) is 36.1 Å². The largest absolute Gasteiger partial charge is 0.493 e. The van der Waals surface area contributed by atoms with Crippen LogP contribution in [0.15, 0.2) is 30.5 Å². The Morgan fingerprint density at radius 1 is 1.28 bits per heavy atom. The highest BCUT2D eigenvalue weighted by molar-refractivity contribution is 6.30. The molecular weight excluding hydrogens is 392 g/mol. The van der Waals surface area contributed by atoms with Gasteiger partial charge in [0.15, 0.2) is 0 Å². The molecule has 2 heterocycles. The Kier molecular flexibility index (Phi) is 6.37. The van der Waals surface area contributed by atoms with Crippen molar-refractivity contribution in [3.8, 4) is 5.75 Å². The molecule has 7 nitrogen and oxygen atoms in total. The molecule has 0 saturated carbocycles. The van der Waals surface area contributed by atoms with Gasteiger partial charge in [-0.15, -0.1) is 0 Å². The Morgan fingerprint density at radius 2 is 2.00 bits per heavy atom. The molecular formula is C21H25ClN4O3. The minimum Gasteiger partial charge on any atom is -0.493 e. The highest BCUT2D eigenvalue weighted by Crippen LogP contribution is 2.36. The molecule has 0 aliphatic carbocycles. The Hall–Kier alpha value is -2.67. The van der Waals surface area contributed by atoms with E-state index >= 15 is 0 Å². The SMILES string of the molecule is Cc1ncc(C(=O)N2CCC(COc3cccc(Cl)c3)(CC(N)=O)CC2)c(C)n1. The van der Waals surface area contributed by atoms with Crippen molar-refractivity contribution >= 4 is 23.4 Å². The predicted molar refractivity (Wildman–Crippen MR) is 110 cm³/mol. The van der Waals surface area contributed by atoms with E-state index in [-0.39, 0.29) is 18.2 Å². The second-order valence-corrected chi connectivity index (χ2v) is 8.03. The molecule has 0 atom stereocenters. The number of nitrogens with zero attached hydrogens (tertiary/aromatic N) is 3. The van der Waals surface area contributed by atoms with Crippen LogP contribution in [0, 0.1) is 19.3 Å². The van der Waals surface area contributed by atoms with E-state index in [0.717, 1.165) is 0 Å². The fraction of sp³-hybridized carbons (Fsp3) is 0.429. The van der Waals surface area contributed by atoms with E-state index in [0.29, 0.717) is 60.4 Å². The second-order valence-electron chi connectivity index (χ2n) is 7.60. The Labute approximate surface area is 175 Å². The summed E-state index contributed by atoms with van der Waals surface area (Å²) in [6, 6.07) is 7.14. The number of carbonyl (C=O) groups is 2. The zero-order chi connectivity index (χ0) is 21.0. The van der Waals surface area contributed by atoms with E-state index in [2.05, 4.69) is 9.97 Å². The molecule has 1 saturated heterocycles. The zero-order valence-electron chi connectivity index (χ0n) is 16.7. The third kappa shape index (κ3) is 5.23. The van der Waals surface area contributed by atoms with Gasteiger partial charge in [-0.05, 0) is 44.9 Å². The Morgan fingerprint density at radius 3 is 2.62 bits per heavy atom. The fourth-order valence-electron chi connectivity index (χ4n) is 3.68. The lowest BCUT2D eigenvalue weighted by Gasteiger charge is -2.41. The first kappa shape index (κ1) is 21.0. The quantitative estimate of drug-likeness (QED) is 0.780. The molecule has 1 aromatic heterocycles. The molecule has 0 unspecified atom stereocenters. The molecule has 0 spiro atoms. The predicted octanol–water partition coefficient (Wildman–Crippen LogP) is 2.92. The van der Waals surface area contributed by atoms with Crippen molar-refractivity contribution < 1.29 is 14.3 Å². The van der Waals surface area contributed by atoms with Crippen LogP contribution in [0.4, 0.5) is 0 Å². The number of benzene rings is 1. The summed E-state index contributed by atoms with van der Waals surface area (Å²) in [6.07, 6.45) is 3.03. The molecule has 2 amide bonds. The van der Waals surface area contributed by atoms with Crippen LogP contribution in [0.2, 0.25) is 5.02 Å². The van der Waals surface area contributed by atoms with E-state index < -0.39 is 5.41 Å². The van der Waals surface area contributed by atoms with Crippen molar-refractivity contribution in [3.63, 3.8) is 0 Å². The summed E-state index contributed by atoms with van der Waals surface area (Å²) in [5, 5.41) is 0.586. The lowest BCUT2D eigenvalue weighted by Crippen LogP contribution is -2.47. The number of piperidine rings is 1. The molecule has 8 heteroatoms. The van der Waals surface area contributed by atoms with E-state index in [1.807, 2.05) is 19.1 Å². The van der Waals surface area contributed by atoms with Gasteiger partial charge in [-0.3, -0.25) is 9.59 Å². The average Bonchev–Trinajstić information content (AvgIpc) is 2.66. The number of hydrogen-bond acceptors (Lipinski definition) is 5. The highest BCUT2D eigenvalue weighted by Gasteiger charge is 2.38. The number of halogens is 1. The smallest absolute Gasteiger partial charge is 0.257 e. The average molecular weight is 417 g/mol.